The molecule has 0 unspecified atom stereocenters. The van der Waals surface area contributed by atoms with Crippen LogP contribution >= 0.6 is 0 Å². The van der Waals surface area contributed by atoms with Gasteiger partial charge in [0.15, 0.2) is 5.75 Å². The fourth-order valence-corrected chi connectivity index (χ4v) is 1.64. The lowest BCUT2D eigenvalue weighted by atomic mass is 10.3. The largest absolute Gasteiger partial charge is 0.492 e. The molecule has 4 nitrogen and oxygen atoms in total. The van der Waals surface area contributed by atoms with Gasteiger partial charge in [-0.15, -0.1) is 0 Å². The summed E-state index contributed by atoms with van der Waals surface area (Å²) in [5, 5.41) is 0. The van der Waals surface area contributed by atoms with Crippen molar-refractivity contribution < 1.29 is 13.9 Å². The number of hydrogen-bond donors (Lipinski definition) is 0. The van der Waals surface area contributed by atoms with Crippen molar-refractivity contribution in [3.8, 4) is 11.5 Å². The van der Waals surface area contributed by atoms with Gasteiger partial charge in [-0.1, -0.05) is 0 Å². The summed E-state index contributed by atoms with van der Waals surface area (Å²) >= 11 is 0. The molecule has 19 heavy (non-hydrogen) atoms. The third kappa shape index (κ3) is 3.34. The minimum atomic E-state index is -0.309. The number of methoxy groups -OCH3 is 1. The Morgan fingerprint density at radius 1 is 1.21 bits per heavy atom. The van der Waals surface area contributed by atoms with E-state index in [2.05, 4.69) is 0 Å². The predicted octanol–water partition coefficient (Wildman–Crippen LogP) is 2.07. The molecule has 0 N–H and O–H groups in total. The number of nitrogens with zero attached hydrogens (tertiary/aromatic N) is 1. The predicted molar refractivity (Wildman–Crippen MR) is 69.1 cm³/mol. The lowest BCUT2D eigenvalue weighted by Crippen LogP contribution is -2.23. The average molecular weight is 263 g/mol. The Morgan fingerprint density at radius 2 is 1.95 bits per heavy atom. The van der Waals surface area contributed by atoms with Crippen molar-refractivity contribution in [2.75, 3.05) is 13.7 Å². The van der Waals surface area contributed by atoms with E-state index in [0.717, 1.165) is 0 Å². The molecule has 0 aliphatic rings. The lowest BCUT2D eigenvalue weighted by Gasteiger charge is -2.09. The van der Waals surface area contributed by atoms with Crippen molar-refractivity contribution in [2.45, 2.75) is 6.54 Å². The summed E-state index contributed by atoms with van der Waals surface area (Å²) in [4.78, 5) is 11.8. The second kappa shape index (κ2) is 6.04. The van der Waals surface area contributed by atoms with Crippen LogP contribution in [0.5, 0.6) is 11.5 Å². The van der Waals surface area contributed by atoms with Crippen LogP contribution in [0.4, 0.5) is 4.39 Å². The van der Waals surface area contributed by atoms with Crippen LogP contribution < -0.4 is 15.0 Å². The summed E-state index contributed by atoms with van der Waals surface area (Å²) in [7, 11) is 1.45. The number of rotatable bonds is 5. The standard InChI is InChI=1S/C14H14FNO3/c1-18-13-3-2-8-16(14(13)17)9-10-19-12-6-4-11(15)5-7-12/h2-8H,9-10H2,1H3. The highest BCUT2D eigenvalue weighted by Crippen LogP contribution is 2.10. The zero-order chi connectivity index (χ0) is 13.7. The van der Waals surface area contributed by atoms with Crippen LogP contribution in [0.2, 0.25) is 0 Å². The van der Waals surface area contributed by atoms with Crippen LogP contribution in [0.1, 0.15) is 0 Å². The topological polar surface area (TPSA) is 40.5 Å². The monoisotopic (exact) mass is 263 g/mol. The molecule has 1 aromatic carbocycles. The summed E-state index contributed by atoms with van der Waals surface area (Å²) in [6.07, 6.45) is 1.67. The van der Waals surface area contributed by atoms with E-state index in [4.69, 9.17) is 9.47 Å². The molecule has 0 bridgehead atoms. The van der Waals surface area contributed by atoms with E-state index in [1.54, 1.807) is 30.5 Å². The highest BCUT2D eigenvalue weighted by molar-refractivity contribution is 5.22. The van der Waals surface area contributed by atoms with Gasteiger partial charge in [-0.05, 0) is 36.4 Å². The first kappa shape index (κ1) is 13.1. The molecule has 0 atom stereocenters. The fraction of sp³-hybridized carbons (Fsp3) is 0.214. The summed E-state index contributed by atoms with van der Waals surface area (Å²) < 4.78 is 24.6. The van der Waals surface area contributed by atoms with Crippen LogP contribution in [-0.4, -0.2) is 18.3 Å². The molecule has 0 fully saturated rings. The number of pyridine rings is 1. The number of benzene rings is 1. The van der Waals surface area contributed by atoms with Gasteiger partial charge in [0.05, 0.1) is 13.7 Å². The van der Waals surface area contributed by atoms with Gasteiger partial charge in [0.1, 0.15) is 18.2 Å². The molecular weight excluding hydrogens is 249 g/mol. The van der Waals surface area contributed by atoms with Crippen LogP contribution in [0.15, 0.2) is 47.4 Å². The molecule has 0 radical (unpaired) electrons. The Bertz CT molecular complexity index is 592. The molecule has 0 amide bonds. The zero-order valence-electron chi connectivity index (χ0n) is 10.5. The Balaban J connectivity index is 1.96. The maximum atomic E-state index is 12.7. The number of halogens is 1. The molecule has 2 aromatic rings. The van der Waals surface area contributed by atoms with Crippen molar-refractivity contribution >= 4 is 0 Å². The van der Waals surface area contributed by atoms with E-state index in [-0.39, 0.29) is 11.4 Å². The van der Waals surface area contributed by atoms with Crippen LogP contribution in [0, 0.1) is 5.82 Å². The molecule has 1 aromatic heterocycles. The zero-order valence-corrected chi connectivity index (χ0v) is 10.5. The Hall–Kier alpha value is -2.30. The lowest BCUT2D eigenvalue weighted by molar-refractivity contribution is 0.294. The van der Waals surface area contributed by atoms with Gasteiger partial charge in [0, 0.05) is 6.20 Å². The quantitative estimate of drug-likeness (QED) is 0.829. The first-order chi connectivity index (χ1) is 9.20. The van der Waals surface area contributed by atoms with Gasteiger partial charge < -0.3 is 14.0 Å². The molecule has 0 aliphatic heterocycles. The second-order valence-electron chi connectivity index (χ2n) is 3.88. The van der Waals surface area contributed by atoms with Crippen molar-refractivity contribution in [2.24, 2.45) is 0 Å². The first-order valence-electron chi connectivity index (χ1n) is 5.82. The van der Waals surface area contributed by atoms with Gasteiger partial charge in [0.25, 0.3) is 5.56 Å². The van der Waals surface area contributed by atoms with E-state index in [9.17, 15) is 9.18 Å². The minimum Gasteiger partial charge on any atom is -0.492 e. The van der Waals surface area contributed by atoms with Crippen molar-refractivity contribution in [3.63, 3.8) is 0 Å². The highest BCUT2D eigenvalue weighted by Gasteiger charge is 2.02. The third-order valence-corrected chi connectivity index (χ3v) is 2.62. The molecule has 2 rings (SSSR count). The maximum Gasteiger partial charge on any atom is 0.292 e. The van der Waals surface area contributed by atoms with Gasteiger partial charge in [-0.2, -0.15) is 0 Å². The first-order valence-corrected chi connectivity index (χ1v) is 5.82. The summed E-state index contributed by atoms with van der Waals surface area (Å²) in [6.45, 7) is 0.714. The van der Waals surface area contributed by atoms with E-state index >= 15 is 0 Å². The highest BCUT2D eigenvalue weighted by atomic mass is 19.1. The third-order valence-electron chi connectivity index (χ3n) is 2.62. The minimum absolute atomic E-state index is 0.201. The van der Waals surface area contributed by atoms with E-state index in [1.807, 2.05) is 0 Å². The van der Waals surface area contributed by atoms with Crippen LogP contribution in [0.3, 0.4) is 0 Å². The molecule has 0 saturated carbocycles. The summed E-state index contributed by atoms with van der Waals surface area (Å²) in [5.41, 5.74) is -0.201. The van der Waals surface area contributed by atoms with Gasteiger partial charge in [-0.25, -0.2) is 4.39 Å². The van der Waals surface area contributed by atoms with Gasteiger partial charge >= 0.3 is 0 Å². The molecule has 100 valence electrons. The molecule has 0 aliphatic carbocycles. The average Bonchev–Trinajstić information content (AvgIpc) is 2.43. The number of ether oxygens (including phenoxy) is 2. The number of aromatic nitrogens is 1. The van der Waals surface area contributed by atoms with Gasteiger partial charge in [-0.3, -0.25) is 4.79 Å². The Kier molecular flexibility index (Phi) is 4.18. The van der Waals surface area contributed by atoms with Crippen LogP contribution in [-0.2, 0) is 6.54 Å². The molecule has 0 spiro atoms. The van der Waals surface area contributed by atoms with Gasteiger partial charge in [0.2, 0.25) is 0 Å². The molecular formula is C14H14FNO3. The van der Waals surface area contributed by atoms with Crippen molar-refractivity contribution in [1.82, 2.24) is 4.57 Å². The number of hydrogen-bond acceptors (Lipinski definition) is 3. The fourth-order valence-electron chi connectivity index (χ4n) is 1.64. The molecule has 5 heteroatoms. The second-order valence-corrected chi connectivity index (χ2v) is 3.88. The Morgan fingerprint density at radius 3 is 2.63 bits per heavy atom. The van der Waals surface area contributed by atoms with Crippen LogP contribution in [0.25, 0.3) is 0 Å². The van der Waals surface area contributed by atoms with E-state index in [1.165, 1.54) is 23.8 Å². The van der Waals surface area contributed by atoms with Crippen molar-refractivity contribution in [1.29, 1.82) is 0 Å². The normalized spacial score (nSPS) is 10.2. The molecule has 1 heterocycles. The maximum absolute atomic E-state index is 12.7. The Labute approximate surface area is 110 Å². The summed E-state index contributed by atoms with van der Waals surface area (Å²) in [6, 6.07) is 9.09. The van der Waals surface area contributed by atoms with E-state index in [0.29, 0.717) is 24.7 Å². The van der Waals surface area contributed by atoms with E-state index < -0.39 is 0 Å². The molecule has 0 saturated heterocycles. The van der Waals surface area contributed by atoms with Crippen molar-refractivity contribution in [3.05, 3.63) is 58.8 Å². The SMILES string of the molecule is COc1cccn(CCOc2ccc(F)cc2)c1=O. The summed E-state index contributed by atoms with van der Waals surface area (Å²) in [5.74, 6) is 0.554. The smallest absolute Gasteiger partial charge is 0.292 e.